The summed E-state index contributed by atoms with van der Waals surface area (Å²) in [6, 6.07) is 3.40. The summed E-state index contributed by atoms with van der Waals surface area (Å²) in [4.78, 5) is 0. The number of hydrogen-bond acceptors (Lipinski definition) is 3. The Morgan fingerprint density at radius 3 is 2.20 bits per heavy atom. The molecule has 1 aromatic rings. The van der Waals surface area contributed by atoms with Crippen LogP contribution in [0.4, 0.5) is 8.78 Å². The van der Waals surface area contributed by atoms with E-state index in [0.717, 1.165) is 24.4 Å². The second-order valence-electron chi connectivity index (χ2n) is 2.79. The summed E-state index contributed by atoms with van der Waals surface area (Å²) in [7, 11) is 0. The lowest BCUT2D eigenvalue weighted by molar-refractivity contribution is 0.406. The van der Waals surface area contributed by atoms with Crippen LogP contribution in [0.15, 0.2) is 36.4 Å². The summed E-state index contributed by atoms with van der Waals surface area (Å²) in [5.74, 6) is -2.12. The van der Waals surface area contributed by atoms with Gasteiger partial charge in [0.15, 0.2) is 5.88 Å². The minimum absolute atomic E-state index is 0.0226. The Morgan fingerprint density at radius 2 is 1.80 bits per heavy atom. The van der Waals surface area contributed by atoms with E-state index in [1.165, 1.54) is 6.07 Å². The zero-order valence-corrected chi connectivity index (χ0v) is 7.74. The molecule has 3 nitrogen and oxygen atoms in total. The third-order valence-corrected chi connectivity index (χ3v) is 1.73. The van der Waals surface area contributed by atoms with Gasteiger partial charge in [-0.3, -0.25) is 0 Å². The third kappa shape index (κ3) is 2.46. The van der Waals surface area contributed by atoms with Crippen molar-refractivity contribution in [2.24, 2.45) is 11.5 Å². The zero-order valence-electron chi connectivity index (χ0n) is 7.74. The quantitative estimate of drug-likeness (QED) is 0.515. The zero-order chi connectivity index (χ0) is 11.4. The number of allylic oxidation sites excluding steroid dienone is 2. The van der Waals surface area contributed by atoms with Gasteiger partial charge in [0.05, 0.1) is 5.56 Å². The predicted molar refractivity (Wildman–Crippen MR) is 53.4 cm³/mol. The van der Waals surface area contributed by atoms with Gasteiger partial charge in [0.2, 0.25) is 0 Å². The molecule has 0 aliphatic carbocycles. The van der Waals surface area contributed by atoms with Crippen LogP contribution in [0.2, 0.25) is 0 Å². The number of aliphatic hydroxyl groups is 1. The molecule has 1 aromatic carbocycles. The lowest BCUT2D eigenvalue weighted by Gasteiger charge is -2.05. The van der Waals surface area contributed by atoms with E-state index in [1.54, 1.807) is 0 Å². The van der Waals surface area contributed by atoms with Crippen molar-refractivity contribution in [3.63, 3.8) is 0 Å². The van der Waals surface area contributed by atoms with E-state index in [1.807, 2.05) is 0 Å². The van der Waals surface area contributed by atoms with Gasteiger partial charge < -0.3 is 16.6 Å². The van der Waals surface area contributed by atoms with Crippen molar-refractivity contribution < 1.29 is 13.9 Å². The van der Waals surface area contributed by atoms with Crippen molar-refractivity contribution in [3.05, 3.63) is 53.6 Å². The molecule has 0 aromatic heterocycles. The van der Waals surface area contributed by atoms with E-state index in [-0.39, 0.29) is 11.1 Å². The molecule has 0 amide bonds. The van der Waals surface area contributed by atoms with Crippen molar-refractivity contribution in [3.8, 4) is 0 Å². The summed E-state index contributed by atoms with van der Waals surface area (Å²) < 4.78 is 26.5. The molecule has 1 rings (SSSR count). The van der Waals surface area contributed by atoms with Gasteiger partial charge >= 0.3 is 0 Å². The van der Waals surface area contributed by atoms with Crippen LogP contribution in [-0.2, 0) is 0 Å². The monoisotopic (exact) mass is 212 g/mol. The normalized spacial score (nSPS) is 12.9. The molecule has 15 heavy (non-hydrogen) atoms. The standard InChI is InChI=1S/C10H10F2N2O/c11-7-2-1-3-8(12)10(7)6(5-13)4-9(14)15/h1-5,15H,13-14H2/b6-5+,9-4+. The van der Waals surface area contributed by atoms with Crippen LogP contribution in [0.25, 0.3) is 5.57 Å². The van der Waals surface area contributed by atoms with Gasteiger partial charge in [-0.1, -0.05) is 6.07 Å². The number of benzene rings is 1. The van der Waals surface area contributed by atoms with Gasteiger partial charge in [0.1, 0.15) is 11.6 Å². The highest BCUT2D eigenvalue weighted by atomic mass is 19.1. The molecule has 0 spiro atoms. The molecule has 0 aliphatic heterocycles. The van der Waals surface area contributed by atoms with Gasteiger partial charge in [-0.25, -0.2) is 8.78 Å². The molecule has 5 N–H and O–H groups in total. The van der Waals surface area contributed by atoms with Crippen molar-refractivity contribution in [1.29, 1.82) is 0 Å². The van der Waals surface area contributed by atoms with E-state index >= 15 is 0 Å². The second-order valence-corrected chi connectivity index (χ2v) is 2.79. The van der Waals surface area contributed by atoms with Crippen LogP contribution < -0.4 is 11.5 Å². The second kappa shape index (κ2) is 4.45. The first-order valence-corrected chi connectivity index (χ1v) is 4.08. The van der Waals surface area contributed by atoms with Gasteiger partial charge in [-0.15, -0.1) is 0 Å². The molecular weight excluding hydrogens is 202 g/mol. The number of halogens is 2. The lowest BCUT2D eigenvalue weighted by Crippen LogP contribution is -2.00. The minimum Gasteiger partial charge on any atom is -0.495 e. The van der Waals surface area contributed by atoms with Crippen molar-refractivity contribution in [1.82, 2.24) is 0 Å². The summed E-state index contributed by atoms with van der Waals surface area (Å²) in [6.45, 7) is 0. The molecule has 0 saturated heterocycles. The number of aliphatic hydroxyl groups excluding tert-OH is 1. The molecule has 0 saturated carbocycles. The Bertz CT molecular complexity index is 403. The number of rotatable bonds is 2. The molecular formula is C10H10F2N2O. The molecule has 0 heterocycles. The van der Waals surface area contributed by atoms with Crippen LogP contribution >= 0.6 is 0 Å². The van der Waals surface area contributed by atoms with Crippen LogP contribution in [0.5, 0.6) is 0 Å². The Balaban J connectivity index is 3.31. The maximum absolute atomic E-state index is 13.2. The average molecular weight is 212 g/mol. The Morgan fingerprint density at radius 1 is 1.27 bits per heavy atom. The van der Waals surface area contributed by atoms with Crippen LogP contribution in [0.3, 0.4) is 0 Å². The topological polar surface area (TPSA) is 72.3 Å². The van der Waals surface area contributed by atoms with Crippen molar-refractivity contribution in [2.45, 2.75) is 0 Å². The molecule has 80 valence electrons. The van der Waals surface area contributed by atoms with E-state index in [4.69, 9.17) is 16.6 Å². The summed E-state index contributed by atoms with van der Waals surface area (Å²) >= 11 is 0. The van der Waals surface area contributed by atoms with Gasteiger partial charge in [0.25, 0.3) is 0 Å². The van der Waals surface area contributed by atoms with Crippen molar-refractivity contribution >= 4 is 5.57 Å². The smallest absolute Gasteiger partial charge is 0.182 e. The average Bonchev–Trinajstić information content (AvgIpc) is 2.15. The fourth-order valence-corrected chi connectivity index (χ4v) is 1.14. The maximum Gasteiger partial charge on any atom is 0.182 e. The third-order valence-electron chi connectivity index (χ3n) is 1.73. The van der Waals surface area contributed by atoms with E-state index in [0.29, 0.717) is 0 Å². The lowest BCUT2D eigenvalue weighted by atomic mass is 10.1. The minimum atomic E-state index is -0.774. The predicted octanol–water partition coefficient (Wildman–Crippen LogP) is 1.62. The summed E-state index contributed by atoms with van der Waals surface area (Å²) in [5.41, 5.74) is 9.82. The van der Waals surface area contributed by atoms with Crippen LogP contribution in [-0.4, -0.2) is 5.11 Å². The fourth-order valence-electron chi connectivity index (χ4n) is 1.14. The number of nitrogens with two attached hydrogens (primary N) is 2. The number of hydrogen-bond donors (Lipinski definition) is 3. The molecule has 5 heteroatoms. The highest BCUT2D eigenvalue weighted by Gasteiger charge is 2.11. The highest BCUT2D eigenvalue weighted by Crippen LogP contribution is 2.22. The van der Waals surface area contributed by atoms with Crippen LogP contribution in [0.1, 0.15) is 5.56 Å². The van der Waals surface area contributed by atoms with Crippen molar-refractivity contribution in [2.75, 3.05) is 0 Å². The molecule has 0 aliphatic rings. The molecule has 0 unspecified atom stereocenters. The first kappa shape index (κ1) is 11.0. The Hall–Kier alpha value is -2.04. The summed E-state index contributed by atoms with van der Waals surface area (Å²) in [6.07, 6.45) is 1.94. The highest BCUT2D eigenvalue weighted by molar-refractivity contribution is 5.74. The van der Waals surface area contributed by atoms with E-state index < -0.39 is 17.5 Å². The maximum atomic E-state index is 13.2. The Kier molecular flexibility index (Phi) is 3.28. The van der Waals surface area contributed by atoms with Gasteiger partial charge in [-0.05, 0) is 12.1 Å². The fraction of sp³-hybridized carbons (Fsp3) is 0. The largest absolute Gasteiger partial charge is 0.495 e. The molecule has 0 bridgehead atoms. The summed E-state index contributed by atoms with van der Waals surface area (Å²) in [5, 5.41) is 8.79. The molecule has 0 atom stereocenters. The Labute approximate surface area is 85.3 Å². The van der Waals surface area contributed by atoms with Crippen LogP contribution in [0, 0.1) is 11.6 Å². The van der Waals surface area contributed by atoms with Gasteiger partial charge in [-0.2, -0.15) is 0 Å². The van der Waals surface area contributed by atoms with E-state index in [9.17, 15) is 8.78 Å². The first-order valence-electron chi connectivity index (χ1n) is 4.08. The molecule has 0 radical (unpaired) electrons. The first-order chi connectivity index (χ1) is 7.06. The van der Waals surface area contributed by atoms with E-state index in [2.05, 4.69) is 0 Å². The van der Waals surface area contributed by atoms with Gasteiger partial charge in [0, 0.05) is 17.8 Å². The SMILES string of the molecule is N/C=C(\C=C(/N)O)c1c(F)cccc1F. The molecule has 0 fully saturated rings.